The molecule has 0 fully saturated rings. The second-order valence-electron chi connectivity index (χ2n) is 5.06. The Morgan fingerprint density at radius 1 is 1.28 bits per heavy atom. The van der Waals surface area contributed by atoms with Crippen molar-refractivity contribution in [1.82, 2.24) is 5.32 Å². The third-order valence-electron chi connectivity index (χ3n) is 2.71. The normalized spacial score (nSPS) is 12.7. The number of ether oxygens (including phenoxy) is 1. The quantitative estimate of drug-likeness (QED) is 0.746. The summed E-state index contributed by atoms with van der Waals surface area (Å²) in [6, 6.07) is 8.17. The largest absolute Gasteiger partial charge is 0.491 e. The van der Waals surface area contributed by atoms with E-state index in [9.17, 15) is 0 Å². The maximum absolute atomic E-state index is 8.83. The predicted molar refractivity (Wildman–Crippen MR) is 74.8 cm³/mol. The van der Waals surface area contributed by atoms with Crippen LogP contribution in [0.2, 0.25) is 0 Å². The number of nitrogens with one attached hydrogen (secondary N) is 1. The van der Waals surface area contributed by atoms with Crippen LogP contribution in [0.25, 0.3) is 0 Å². The lowest BCUT2D eigenvalue weighted by molar-refractivity contribution is 0.242. The molecule has 0 radical (unpaired) electrons. The molecule has 0 aromatic heterocycles. The van der Waals surface area contributed by atoms with Crippen molar-refractivity contribution in [3.63, 3.8) is 0 Å². The first-order valence-electron chi connectivity index (χ1n) is 6.69. The Bertz CT molecular complexity index is 339. The third-order valence-corrected chi connectivity index (χ3v) is 2.71. The molecule has 3 heteroatoms. The number of aliphatic hydroxyl groups excluding tert-OH is 1. The molecule has 0 bridgehead atoms. The lowest BCUT2D eigenvalue weighted by Gasteiger charge is -2.13. The summed E-state index contributed by atoms with van der Waals surface area (Å²) < 4.78 is 5.66. The smallest absolute Gasteiger partial charge is 0.120 e. The fourth-order valence-electron chi connectivity index (χ4n) is 1.79. The third kappa shape index (κ3) is 6.03. The Kier molecular flexibility index (Phi) is 6.76. The highest BCUT2D eigenvalue weighted by Crippen LogP contribution is 2.14. The summed E-state index contributed by atoms with van der Waals surface area (Å²) in [7, 11) is 0. The van der Waals surface area contributed by atoms with E-state index in [1.807, 2.05) is 26.0 Å². The highest BCUT2D eigenvalue weighted by molar-refractivity contribution is 5.28. The van der Waals surface area contributed by atoms with Gasteiger partial charge in [-0.2, -0.15) is 0 Å². The molecule has 0 saturated heterocycles. The zero-order valence-corrected chi connectivity index (χ0v) is 11.6. The molecule has 0 spiro atoms. The molecule has 1 aromatic rings. The average Bonchev–Trinajstić information content (AvgIpc) is 2.29. The topological polar surface area (TPSA) is 41.5 Å². The molecular weight excluding hydrogens is 226 g/mol. The van der Waals surface area contributed by atoms with Crippen molar-refractivity contribution in [3.8, 4) is 5.75 Å². The van der Waals surface area contributed by atoms with Gasteiger partial charge in [0.05, 0.1) is 6.10 Å². The number of aliphatic hydroxyl groups is 1. The van der Waals surface area contributed by atoms with Gasteiger partial charge >= 0.3 is 0 Å². The minimum absolute atomic E-state index is 0.206. The molecular formula is C15H25NO2. The number of hydrogen-bond donors (Lipinski definition) is 2. The molecule has 0 amide bonds. The van der Waals surface area contributed by atoms with Gasteiger partial charge in [0.1, 0.15) is 5.75 Å². The van der Waals surface area contributed by atoms with Crippen LogP contribution in [0.4, 0.5) is 0 Å². The van der Waals surface area contributed by atoms with Crippen molar-refractivity contribution < 1.29 is 9.84 Å². The highest BCUT2D eigenvalue weighted by Gasteiger charge is 2.02. The van der Waals surface area contributed by atoms with E-state index in [0.29, 0.717) is 5.92 Å². The zero-order chi connectivity index (χ0) is 13.4. The van der Waals surface area contributed by atoms with Gasteiger partial charge in [0.25, 0.3) is 0 Å². The first kappa shape index (κ1) is 15.0. The Balaban J connectivity index is 2.38. The van der Waals surface area contributed by atoms with Crippen molar-refractivity contribution >= 4 is 0 Å². The number of hydrogen-bond acceptors (Lipinski definition) is 3. The Labute approximate surface area is 110 Å². The van der Waals surface area contributed by atoms with Crippen LogP contribution in [-0.2, 0) is 6.54 Å². The van der Waals surface area contributed by atoms with E-state index in [1.54, 1.807) is 0 Å². The minimum Gasteiger partial charge on any atom is -0.491 e. The van der Waals surface area contributed by atoms with Crippen LogP contribution >= 0.6 is 0 Å². The molecule has 0 aliphatic carbocycles. The molecule has 0 aliphatic heterocycles. The summed E-state index contributed by atoms with van der Waals surface area (Å²) in [6.07, 6.45) is 1.06. The molecule has 0 heterocycles. The van der Waals surface area contributed by atoms with E-state index in [2.05, 4.69) is 24.4 Å². The molecule has 18 heavy (non-hydrogen) atoms. The van der Waals surface area contributed by atoms with E-state index in [4.69, 9.17) is 9.84 Å². The van der Waals surface area contributed by atoms with Crippen LogP contribution in [0.1, 0.15) is 32.8 Å². The van der Waals surface area contributed by atoms with Gasteiger partial charge in [-0.1, -0.05) is 19.1 Å². The molecule has 0 aliphatic rings. The Morgan fingerprint density at radius 3 is 2.72 bits per heavy atom. The minimum atomic E-state index is 0.206. The van der Waals surface area contributed by atoms with Gasteiger partial charge in [-0.05, 0) is 50.4 Å². The van der Waals surface area contributed by atoms with Crippen LogP contribution in [0.5, 0.6) is 5.75 Å². The number of rotatable bonds is 8. The van der Waals surface area contributed by atoms with E-state index in [-0.39, 0.29) is 12.7 Å². The molecule has 0 saturated carbocycles. The van der Waals surface area contributed by atoms with Crippen LogP contribution in [0.3, 0.4) is 0 Å². The van der Waals surface area contributed by atoms with Crippen molar-refractivity contribution in [2.75, 3.05) is 13.2 Å². The fraction of sp³-hybridized carbons (Fsp3) is 0.600. The summed E-state index contributed by atoms with van der Waals surface area (Å²) in [5.41, 5.74) is 1.23. The first-order valence-corrected chi connectivity index (χ1v) is 6.69. The van der Waals surface area contributed by atoms with Crippen molar-refractivity contribution in [2.24, 2.45) is 5.92 Å². The van der Waals surface area contributed by atoms with Gasteiger partial charge in [0, 0.05) is 13.2 Å². The summed E-state index contributed by atoms with van der Waals surface area (Å²) in [5.74, 6) is 1.43. The lowest BCUT2D eigenvalue weighted by atomic mass is 10.1. The molecule has 1 aromatic carbocycles. The summed E-state index contributed by atoms with van der Waals surface area (Å²) in [4.78, 5) is 0. The second-order valence-corrected chi connectivity index (χ2v) is 5.06. The van der Waals surface area contributed by atoms with Crippen molar-refractivity contribution in [1.29, 1.82) is 0 Å². The highest BCUT2D eigenvalue weighted by atomic mass is 16.5. The van der Waals surface area contributed by atoms with Crippen LogP contribution in [-0.4, -0.2) is 24.4 Å². The maximum atomic E-state index is 8.83. The molecule has 2 N–H and O–H groups in total. The summed E-state index contributed by atoms with van der Waals surface area (Å²) in [5, 5.41) is 12.2. The van der Waals surface area contributed by atoms with Crippen molar-refractivity contribution in [2.45, 2.75) is 39.8 Å². The van der Waals surface area contributed by atoms with Gasteiger partial charge < -0.3 is 15.2 Å². The van der Waals surface area contributed by atoms with Gasteiger partial charge in [-0.3, -0.25) is 0 Å². The standard InChI is InChI=1S/C15H25NO2/c1-12(2)18-15-6-4-5-14(9-15)11-16-10-13(3)7-8-17/h4-6,9,12-13,16-17H,7-8,10-11H2,1-3H3. The van der Waals surface area contributed by atoms with E-state index >= 15 is 0 Å². The van der Waals surface area contributed by atoms with Gasteiger partial charge in [-0.25, -0.2) is 0 Å². The van der Waals surface area contributed by atoms with E-state index in [0.717, 1.165) is 25.3 Å². The van der Waals surface area contributed by atoms with Crippen LogP contribution in [0, 0.1) is 5.92 Å². The molecule has 3 nitrogen and oxygen atoms in total. The molecule has 1 atom stereocenters. The number of benzene rings is 1. The molecule has 102 valence electrons. The first-order chi connectivity index (χ1) is 8.61. The summed E-state index contributed by atoms with van der Waals surface area (Å²) in [6.45, 7) is 8.23. The average molecular weight is 251 g/mol. The lowest BCUT2D eigenvalue weighted by Crippen LogP contribution is -2.21. The SMILES string of the molecule is CC(CCO)CNCc1cccc(OC(C)C)c1. The predicted octanol–water partition coefficient (Wildman–Crippen LogP) is 2.58. The van der Waals surface area contributed by atoms with Gasteiger partial charge in [0.15, 0.2) is 0 Å². The Hall–Kier alpha value is -1.06. The zero-order valence-electron chi connectivity index (χ0n) is 11.6. The monoisotopic (exact) mass is 251 g/mol. The van der Waals surface area contributed by atoms with Crippen molar-refractivity contribution in [3.05, 3.63) is 29.8 Å². The van der Waals surface area contributed by atoms with Crippen LogP contribution < -0.4 is 10.1 Å². The van der Waals surface area contributed by atoms with Crippen LogP contribution in [0.15, 0.2) is 24.3 Å². The second kappa shape index (κ2) is 8.11. The van der Waals surface area contributed by atoms with E-state index < -0.39 is 0 Å². The molecule has 1 rings (SSSR count). The van der Waals surface area contributed by atoms with Gasteiger partial charge in [0.2, 0.25) is 0 Å². The fourth-order valence-corrected chi connectivity index (χ4v) is 1.79. The van der Waals surface area contributed by atoms with E-state index in [1.165, 1.54) is 5.56 Å². The van der Waals surface area contributed by atoms with Gasteiger partial charge in [-0.15, -0.1) is 0 Å². The maximum Gasteiger partial charge on any atom is 0.120 e. The summed E-state index contributed by atoms with van der Waals surface area (Å²) >= 11 is 0. The molecule has 1 unspecified atom stereocenters. The Morgan fingerprint density at radius 2 is 2.06 bits per heavy atom.